The lowest BCUT2D eigenvalue weighted by Crippen LogP contribution is -2.23. The third-order valence-corrected chi connectivity index (χ3v) is 2.53. The summed E-state index contributed by atoms with van der Waals surface area (Å²) >= 11 is 5.63. The van der Waals surface area contributed by atoms with Gasteiger partial charge in [0.15, 0.2) is 0 Å². The Labute approximate surface area is 103 Å². The van der Waals surface area contributed by atoms with Gasteiger partial charge in [-0.2, -0.15) is 0 Å². The van der Waals surface area contributed by atoms with Crippen LogP contribution in [0.4, 0.5) is 4.39 Å². The van der Waals surface area contributed by atoms with Crippen LogP contribution >= 0.6 is 11.6 Å². The molecule has 0 fully saturated rings. The van der Waals surface area contributed by atoms with E-state index in [9.17, 15) is 9.18 Å². The molecular weight excluding hydrogens is 243 g/mol. The van der Waals surface area contributed by atoms with Gasteiger partial charge in [-0.1, -0.05) is 17.7 Å². The first kappa shape index (κ1) is 11.7. The van der Waals surface area contributed by atoms with Crippen LogP contribution in [0, 0.1) is 5.82 Å². The van der Waals surface area contributed by atoms with Gasteiger partial charge < -0.3 is 10.3 Å². The minimum Gasteiger partial charge on any atom is -0.357 e. The van der Waals surface area contributed by atoms with E-state index in [0.717, 1.165) is 0 Å². The van der Waals surface area contributed by atoms with E-state index in [-0.39, 0.29) is 12.5 Å². The zero-order valence-corrected chi connectivity index (χ0v) is 9.59. The number of halogens is 2. The Hall–Kier alpha value is -1.81. The zero-order chi connectivity index (χ0) is 12.3. The number of H-pyrrole nitrogens is 1. The SMILES string of the molecule is O=C(NCc1ccc(Cl)cc1F)c1ccc[nH]1. The van der Waals surface area contributed by atoms with E-state index < -0.39 is 5.82 Å². The van der Waals surface area contributed by atoms with Crippen LogP contribution in [-0.2, 0) is 6.54 Å². The van der Waals surface area contributed by atoms with Crippen molar-refractivity contribution in [2.45, 2.75) is 6.54 Å². The average Bonchev–Trinajstić information content (AvgIpc) is 2.81. The molecule has 17 heavy (non-hydrogen) atoms. The Bertz CT molecular complexity index is 525. The molecule has 0 aliphatic rings. The third kappa shape index (κ3) is 2.85. The quantitative estimate of drug-likeness (QED) is 0.867. The van der Waals surface area contributed by atoms with Gasteiger partial charge in [0.25, 0.3) is 5.91 Å². The molecule has 0 atom stereocenters. The highest BCUT2D eigenvalue weighted by atomic mass is 35.5. The summed E-state index contributed by atoms with van der Waals surface area (Å²) < 4.78 is 13.4. The Morgan fingerprint density at radius 3 is 2.88 bits per heavy atom. The standard InChI is InChI=1S/C12H10ClFN2O/c13-9-4-3-8(10(14)6-9)7-16-12(17)11-2-1-5-15-11/h1-6,15H,7H2,(H,16,17). The lowest BCUT2D eigenvalue weighted by atomic mass is 10.2. The number of carbonyl (C=O) groups is 1. The second kappa shape index (κ2) is 5.01. The van der Waals surface area contributed by atoms with Crippen LogP contribution < -0.4 is 5.32 Å². The fraction of sp³-hybridized carbons (Fsp3) is 0.0833. The number of aromatic amines is 1. The molecule has 0 aliphatic carbocycles. The summed E-state index contributed by atoms with van der Waals surface area (Å²) in [5.74, 6) is -0.700. The molecule has 0 radical (unpaired) electrons. The molecule has 0 saturated heterocycles. The second-order valence-corrected chi connectivity index (χ2v) is 3.94. The van der Waals surface area contributed by atoms with Crippen molar-refractivity contribution >= 4 is 17.5 Å². The van der Waals surface area contributed by atoms with Crippen LogP contribution in [0.2, 0.25) is 5.02 Å². The highest BCUT2D eigenvalue weighted by molar-refractivity contribution is 6.30. The van der Waals surface area contributed by atoms with E-state index in [0.29, 0.717) is 16.3 Å². The molecule has 5 heteroatoms. The third-order valence-electron chi connectivity index (χ3n) is 2.30. The fourth-order valence-corrected chi connectivity index (χ4v) is 1.57. The van der Waals surface area contributed by atoms with Crippen molar-refractivity contribution in [3.63, 3.8) is 0 Å². The molecule has 1 aromatic heterocycles. The van der Waals surface area contributed by atoms with Crippen molar-refractivity contribution in [1.29, 1.82) is 0 Å². The van der Waals surface area contributed by atoms with E-state index >= 15 is 0 Å². The number of hydrogen-bond acceptors (Lipinski definition) is 1. The van der Waals surface area contributed by atoms with Gasteiger partial charge in [-0.3, -0.25) is 4.79 Å². The number of amides is 1. The van der Waals surface area contributed by atoms with E-state index in [1.807, 2.05) is 0 Å². The summed E-state index contributed by atoms with van der Waals surface area (Å²) in [5.41, 5.74) is 0.841. The number of carbonyl (C=O) groups excluding carboxylic acids is 1. The molecule has 1 heterocycles. The Kier molecular flexibility index (Phi) is 3.44. The lowest BCUT2D eigenvalue weighted by molar-refractivity contribution is 0.0946. The molecule has 1 amide bonds. The molecule has 0 saturated carbocycles. The van der Waals surface area contributed by atoms with E-state index in [2.05, 4.69) is 10.3 Å². The molecule has 88 valence electrons. The van der Waals surface area contributed by atoms with Crippen molar-refractivity contribution in [3.05, 3.63) is 58.6 Å². The predicted molar refractivity (Wildman–Crippen MR) is 63.4 cm³/mol. The van der Waals surface area contributed by atoms with Crippen molar-refractivity contribution in [2.24, 2.45) is 0 Å². The molecule has 1 aromatic carbocycles. The summed E-state index contributed by atoms with van der Waals surface area (Å²) in [7, 11) is 0. The Morgan fingerprint density at radius 2 is 2.24 bits per heavy atom. The molecule has 2 aromatic rings. The average molecular weight is 253 g/mol. The monoisotopic (exact) mass is 252 g/mol. The molecule has 0 aliphatic heterocycles. The molecule has 0 unspecified atom stereocenters. The number of rotatable bonds is 3. The summed E-state index contributed by atoms with van der Waals surface area (Å²) in [6, 6.07) is 7.72. The molecule has 2 N–H and O–H groups in total. The first-order chi connectivity index (χ1) is 8.16. The maximum atomic E-state index is 13.4. The smallest absolute Gasteiger partial charge is 0.267 e. The van der Waals surface area contributed by atoms with Crippen LogP contribution in [0.15, 0.2) is 36.5 Å². The summed E-state index contributed by atoms with van der Waals surface area (Å²) in [6.07, 6.45) is 1.65. The van der Waals surface area contributed by atoms with Gasteiger partial charge in [-0.05, 0) is 24.3 Å². The van der Waals surface area contributed by atoms with Gasteiger partial charge in [-0.15, -0.1) is 0 Å². The van der Waals surface area contributed by atoms with Gasteiger partial charge in [-0.25, -0.2) is 4.39 Å². The first-order valence-electron chi connectivity index (χ1n) is 5.02. The number of nitrogens with one attached hydrogen (secondary N) is 2. The van der Waals surface area contributed by atoms with Crippen molar-refractivity contribution < 1.29 is 9.18 Å². The Balaban J connectivity index is 2.01. The molecule has 2 rings (SSSR count). The number of hydrogen-bond donors (Lipinski definition) is 2. The van der Waals surface area contributed by atoms with Crippen LogP contribution in [0.3, 0.4) is 0 Å². The van der Waals surface area contributed by atoms with Crippen LogP contribution in [-0.4, -0.2) is 10.9 Å². The van der Waals surface area contributed by atoms with Gasteiger partial charge >= 0.3 is 0 Å². The van der Waals surface area contributed by atoms with Crippen LogP contribution in [0.5, 0.6) is 0 Å². The van der Waals surface area contributed by atoms with Gasteiger partial charge in [0.2, 0.25) is 0 Å². The summed E-state index contributed by atoms with van der Waals surface area (Å²) in [4.78, 5) is 14.3. The van der Waals surface area contributed by atoms with Crippen LogP contribution in [0.1, 0.15) is 16.1 Å². The lowest BCUT2D eigenvalue weighted by Gasteiger charge is -2.05. The largest absolute Gasteiger partial charge is 0.357 e. The fourth-order valence-electron chi connectivity index (χ4n) is 1.41. The number of aromatic nitrogens is 1. The molecule has 3 nitrogen and oxygen atoms in total. The second-order valence-electron chi connectivity index (χ2n) is 3.50. The number of benzene rings is 1. The zero-order valence-electron chi connectivity index (χ0n) is 8.84. The Morgan fingerprint density at radius 1 is 1.41 bits per heavy atom. The van der Waals surface area contributed by atoms with Gasteiger partial charge in [0, 0.05) is 23.3 Å². The highest BCUT2D eigenvalue weighted by Crippen LogP contribution is 2.14. The van der Waals surface area contributed by atoms with Crippen molar-refractivity contribution in [1.82, 2.24) is 10.3 Å². The van der Waals surface area contributed by atoms with E-state index in [1.54, 1.807) is 30.5 Å². The highest BCUT2D eigenvalue weighted by Gasteiger charge is 2.07. The summed E-state index contributed by atoms with van der Waals surface area (Å²) in [6.45, 7) is 0.126. The topological polar surface area (TPSA) is 44.9 Å². The first-order valence-corrected chi connectivity index (χ1v) is 5.40. The van der Waals surface area contributed by atoms with Gasteiger partial charge in [0.1, 0.15) is 11.5 Å². The maximum Gasteiger partial charge on any atom is 0.267 e. The van der Waals surface area contributed by atoms with Crippen LogP contribution in [0.25, 0.3) is 0 Å². The van der Waals surface area contributed by atoms with Crippen molar-refractivity contribution in [3.8, 4) is 0 Å². The minimum atomic E-state index is -0.427. The molecular formula is C12H10ClFN2O. The van der Waals surface area contributed by atoms with Gasteiger partial charge in [0.05, 0.1) is 0 Å². The minimum absolute atomic E-state index is 0.126. The van der Waals surface area contributed by atoms with E-state index in [1.165, 1.54) is 6.07 Å². The van der Waals surface area contributed by atoms with Crippen molar-refractivity contribution in [2.75, 3.05) is 0 Å². The predicted octanol–water partition coefficient (Wildman–Crippen LogP) is 2.74. The molecule has 0 bridgehead atoms. The summed E-state index contributed by atoms with van der Waals surface area (Å²) in [5, 5.41) is 2.94. The molecule has 0 spiro atoms. The normalized spacial score (nSPS) is 10.2. The van der Waals surface area contributed by atoms with E-state index in [4.69, 9.17) is 11.6 Å². The maximum absolute atomic E-state index is 13.4.